The van der Waals surface area contributed by atoms with Gasteiger partial charge in [-0.05, 0) is 31.5 Å². The molecule has 0 aliphatic rings. The first kappa shape index (κ1) is 21.1. The lowest BCUT2D eigenvalue weighted by Gasteiger charge is -2.21. The molecule has 0 atom stereocenters. The summed E-state index contributed by atoms with van der Waals surface area (Å²) in [6, 6.07) is 5.14. The fraction of sp³-hybridized carbons (Fsp3) is 0.421. The number of amides is 1. The first-order valence-electron chi connectivity index (χ1n) is 8.59. The Balaban J connectivity index is 2.16. The van der Waals surface area contributed by atoms with Crippen LogP contribution in [0.5, 0.6) is 17.2 Å². The van der Waals surface area contributed by atoms with E-state index in [4.69, 9.17) is 14.2 Å². The Bertz CT molecular complexity index is 839. The number of aromatic nitrogens is 2. The number of aryl methyl sites for hydroxylation is 2. The molecule has 28 heavy (non-hydrogen) atoms. The average Bonchev–Trinajstić information content (AvgIpc) is 2.90. The maximum atomic E-state index is 12.6. The normalized spacial score (nSPS) is 10.5. The van der Waals surface area contributed by atoms with Crippen LogP contribution >= 0.6 is 0 Å². The smallest absolute Gasteiger partial charge is 0.323 e. The fourth-order valence-corrected chi connectivity index (χ4v) is 2.76. The van der Waals surface area contributed by atoms with E-state index in [0.717, 1.165) is 5.69 Å². The third-order valence-electron chi connectivity index (χ3n) is 4.25. The fourth-order valence-electron chi connectivity index (χ4n) is 2.76. The number of carboxylic acid groups (broad SMARTS) is 1. The highest BCUT2D eigenvalue weighted by Crippen LogP contribution is 2.24. The summed E-state index contributed by atoms with van der Waals surface area (Å²) in [6.45, 7) is 2.95. The molecular formula is C19H25N3O6. The van der Waals surface area contributed by atoms with Gasteiger partial charge in [0.05, 0.1) is 19.9 Å². The molecule has 0 unspecified atom stereocenters. The van der Waals surface area contributed by atoms with Gasteiger partial charge >= 0.3 is 5.97 Å². The van der Waals surface area contributed by atoms with E-state index in [-0.39, 0.29) is 13.2 Å². The molecule has 0 spiro atoms. The lowest BCUT2D eigenvalue weighted by atomic mass is 10.2. The van der Waals surface area contributed by atoms with Gasteiger partial charge in [-0.1, -0.05) is 0 Å². The van der Waals surface area contributed by atoms with Crippen LogP contribution in [-0.2, 0) is 23.2 Å². The van der Waals surface area contributed by atoms with Gasteiger partial charge in [0.2, 0.25) is 0 Å². The van der Waals surface area contributed by atoms with Crippen molar-refractivity contribution in [2.75, 3.05) is 27.4 Å². The summed E-state index contributed by atoms with van der Waals surface area (Å²) >= 11 is 0. The number of carbonyl (C=O) groups is 2. The summed E-state index contributed by atoms with van der Waals surface area (Å²) in [4.78, 5) is 25.1. The second kappa shape index (κ2) is 9.12. The van der Waals surface area contributed by atoms with E-state index in [2.05, 4.69) is 5.10 Å². The molecule has 0 bridgehead atoms. The van der Waals surface area contributed by atoms with Crippen molar-refractivity contribution in [3.8, 4) is 17.2 Å². The van der Waals surface area contributed by atoms with Gasteiger partial charge in [0.25, 0.3) is 5.91 Å². The van der Waals surface area contributed by atoms with Crippen LogP contribution in [0.4, 0.5) is 0 Å². The summed E-state index contributed by atoms with van der Waals surface area (Å²) in [5.74, 6) is 0.0582. The Morgan fingerprint density at radius 2 is 1.75 bits per heavy atom. The van der Waals surface area contributed by atoms with Crippen LogP contribution in [0, 0.1) is 13.8 Å². The molecule has 1 N–H and O–H groups in total. The molecule has 1 aromatic heterocycles. The van der Waals surface area contributed by atoms with Crippen molar-refractivity contribution in [2.24, 2.45) is 7.05 Å². The largest absolute Gasteiger partial charge is 0.497 e. The minimum Gasteiger partial charge on any atom is -0.497 e. The predicted octanol–water partition coefficient (Wildman–Crippen LogP) is 1.55. The van der Waals surface area contributed by atoms with Crippen LogP contribution in [0.1, 0.15) is 17.0 Å². The van der Waals surface area contributed by atoms with Gasteiger partial charge in [0, 0.05) is 19.7 Å². The van der Waals surface area contributed by atoms with Crippen LogP contribution in [0.2, 0.25) is 0 Å². The maximum Gasteiger partial charge on any atom is 0.323 e. The predicted molar refractivity (Wildman–Crippen MR) is 101 cm³/mol. The molecule has 0 radical (unpaired) electrons. The van der Waals surface area contributed by atoms with Gasteiger partial charge in [-0.15, -0.1) is 0 Å². The second-order valence-electron chi connectivity index (χ2n) is 6.28. The Morgan fingerprint density at radius 1 is 1.14 bits per heavy atom. The topological polar surface area (TPSA) is 103 Å². The summed E-state index contributed by atoms with van der Waals surface area (Å²) in [7, 11) is 4.82. The number of ether oxygens (including phenoxy) is 3. The van der Waals surface area contributed by atoms with Crippen LogP contribution < -0.4 is 14.2 Å². The van der Waals surface area contributed by atoms with E-state index in [1.165, 1.54) is 19.1 Å². The third kappa shape index (κ3) is 5.15. The number of nitrogens with zero attached hydrogens (tertiary/aromatic N) is 3. The van der Waals surface area contributed by atoms with E-state index >= 15 is 0 Å². The summed E-state index contributed by atoms with van der Waals surface area (Å²) in [5, 5.41) is 13.4. The number of rotatable bonds is 9. The highest BCUT2D eigenvalue weighted by molar-refractivity contribution is 5.82. The van der Waals surface area contributed by atoms with Gasteiger partial charge in [0.1, 0.15) is 23.7 Å². The standard InChI is InChI=1S/C19H25N3O6/c1-12-19(13(2)21(3)20-12)28-11-17(23)22(10-18(24)25)9-14-6-15(26-4)8-16(7-14)27-5/h6-8H,9-11H2,1-5H3,(H,24,25). The van der Waals surface area contributed by atoms with E-state index in [1.54, 1.807) is 36.9 Å². The number of methoxy groups -OCH3 is 2. The first-order chi connectivity index (χ1) is 13.2. The van der Waals surface area contributed by atoms with Gasteiger partial charge in [0.15, 0.2) is 12.4 Å². The molecule has 9 nitrogen and oxygen atoms in total. The molecule has 0 aliphatic carbocycles. The van der Waals surface area contributed by atoms with Gasteiger partial charge in [-0.2, -0.15) is 5.10 Å². The molecule has 0 aliphatic heterocycles. The molecule has 2 rings (SSSR count). The Hall–Kier alpha value is -3.23. The molecule has 1 aromatic carbocycles. The molecule has 0 saturated heterocycles. The minimum atomic E-state index is -1.11. The lowest BCUT2D eigenvalue weighted by Crippen LogP contribution is -2.38. The minimum absolute atomic E-state index is 0.0764. The van der Waals surface area contributed by atoms with E-state index in [1.807, 2.05) is 6.92 Å². The van der Waals surface area contributed by atoms with Crippen LogP contribution in [0.25, 0.3) is 0 Å². The van der Waals surface area contributed by atoms with Gasteiger partial charge < -0.3 is 24.2 Å². The quantitative estimate of drug-likeness (QED) is 0.692. The Morgan fingerprint density at radius 3 is 2.21 bits per heavy atom. The monoisotopic (exact) mass is 391 g/mol. The van der Waals surface area contributed by atoms with Crippen LogP contribution in [-0.4, -0.2) is 59.0 Å². The molecule has 1 amide bonds. The zero-order valence-corrected chi connectivity index (χ0v) is 16.7. The van der Waals surface area contributed by atoms with E-state index < -0.39 is 18.4 Å². The number of aliphatic carboxylic acids is 1. The Kier molecular flexibility index (Phi) is 6.86. The zero-order chi connectivity index (χ0) is 20.8. The molecule has 152 valence electrons. The lowest BCUT2D eigenvalue weighted by molar-refractivity contribution is -0.145. The number of carboxylic acids is 1. The molecule has 0 fully saturated rings. The van der Waals surface area contributed by atoms with Crippen molar-refractivity contribution in [1.82, 2.24) is 14.7 Å². The number of benzene rings is 1. The van der Waals surface area contributed by atoms with Crippen molar-refractivity contribution in [3.63, 3.8) is 0 Å². The van der Waals surface area contributed by atoms with Crippen molar-refractivity contribution in [2.45, 2.75) is 20.4 Å². The molecule has 1 heterocycles. The summed E-state index contributed by atoms with van der Waals surface area (Å²) in [6.07, 6.45) is 0. The first-order valence-corrected chi connectivity index (χ1v) is 8.59. The van der Waals surface area contributed by atoms with Crippen LogP contribution in [0.15, 0.2) is 18.2 Å². The number of hydrogen-bond donors (Lipinski definition) is 1. The van der Waals surface area contributed by atoms with Crippen molar-refractivity contribution in [1.29, 1.82) is 0 Å². The summed E-state index contributed by atoms with van der Waals surface area (Å²) < 4.78 is 17.7. The van der Waals surface area contributed by atoms with Gasteiger partial charge in [-0.3, -0.25) is 14.3 Å². The van der Waals surface area contributed by atoms with Crippen molar-refractivity contribution < 1.29 is 28.9 Å². The SMILES string of the molecule is COc1cc(CN(CC(=O)O)C(=O)COc2c(C)nn(C)c2C)cc(OC)c1. The second-order valence-corrected chi connectivity index (χ2v) is 6.28. The maximum absolute atomic E-state index is 12.6. The molecule has 2 aromatic rings. The molecule has 0 saturated carbocycles. The average molecular weight is 391 g/mol. The zero-order valence-electron chi connectivity index (χ0n) is 16.7. The summed E-state index contributed by atoms with van der Waals surface area (Å²) in [5.41, 5.74) is 2.13. The number of hydrogen-bond acceptors (Lipinski definition) is 6. The van der Waals surface area contributed by atoms with Crippen molar-refractivity contribution >= 4 is 11.9 Å². The van der Waals surface area contributed by atoms with Crippen molar-refractivity contribution in [3.05, 3.63) is 35.2 Å². The van der Waals surface area contributed by atoms with E-state index in [9.17, 15) is 14.7 Å². The Labute approximate surface area is 163 Å². The highest BCUT2D eigenvalue weighted by atomic mass is 16.5. The van der Waals surface area contributed by atoms with E-state index in [0.29, 0.717) is 28.5 Å². The van der Waals surface area contributed by atoms with Crippen LogP contribution in [0.3, 0.4) is 0 Å². The third-order valence-corrected chi connectivity index (χ3v) is 4.25. The molecule has 9 heteroatoms. The highest BCUT2D eigenvalue weighted by Gasteiger charge is 2.20. The van der Waals surface area contributed by atoms with Gasteiger partial charge in [-0.25, -0.2) is 0 Å². The molecular weight excluding hydrogens is 366 g/mol. The number of carbonyl (C=O) groups excluding carboxylic acids is 1.